The smallest absolute Gasteiger partial charge is 0.0410 e. The molecule has 1 aromatic heterocycles. The summed E-state index contributed by atoms with van der Waals surface area (Å²) < 4.78 is 0. The highest BCUT2D eigenvalue weighted by Crippen LogP contribution is 2.23. The first-order chi connectivity index (χ1) is 8.75. The van der Waals surface area contributed by atoms with E-state index >= 15 is 0 Å². The van der Waals surface area contributed by atoms with Crippen molar-refractivity contribution in [3.8, 4) is 0 Å². The maximum absolute atomic E-state index is 3.38. The normalized spacial score (nSPS) is 13.1. The number of hydrogen-bond acceptors (Lipinski definition) is 3. The van der Waals surface area contributed by atoms with E-state index in [1.54, 1.807) is 0 Å². The van der Waals surface area contributed by atoms with Gasteiger partial charge in [0.15, 0.2) is 0 Å². The molecule has 18 heavy (non-hydrogen) atoms. The molecule has 0 aromatic carbocycles. The van der Waals surface area contributed by atoms with Crippen molar-refractivity contribution in [3.05, 3.63) is 22.4 Å². The van der Waals surface area contributed by atoms with Crippen LogP contribution in [-0.2, 0) is 0 Å². The minimum absolute atomic E-state index is 0.562. The van der Waals surface area contributed by atoms with Crippen LogP contribution < -0.4 is 5.32 Å². The molecule has 1 aromatic rings. The number of nitrogens with one attached hydrogen (secondary N) is 1. The quantitative estimate of drug-likeness (QED) is 0.647. The molecule has 0 saturated heterocycles. The molecular weight excluding hydrogens is 240 g/mol. The van der Waals surface area contributed by atoms with Crippen molar-refractivity contribution in [1.29, 1.82) is 0 Å². The second kappa shape index (κ2) is 9.54. The summed E-state index contributed by atoms with van der Waals surface area (Å²) in [6.45, 7) is 7.96. The molecule has 1 heterocycles. The number of hydrogen-bond donors (Lipinski definition) is 1. The second-order valence-corrected chi connectivity index (χ2v) is 5.92. The summed E-state index contributed by atoms with van der Waals surface area (Å²) in [5.74, 6) is 0. The van der Waals surface area contributed by atoms with Gasteiger partial charge in [-0.3, -0.25) is 4.90 Å². The first kappa shape index (κ1) is 15.7. The Labute approximate surface area is 116 Å². The Kier molecular flexibility index (Phi) is 8.31. The van der Waals surface area contributed by atoms with Gasteiger partial charge in [0, 0.05) is 10.9 Å². The van der Waals surface area contributed by atoms with Gasteiger partial charge in [-0.25, -0.2) is 0 Å². The third-order valence-corrected chi connectivity index (χ3v) is 4.52. The van der Waals surface area contributed by atoms with E-state index in [1.807, 2.05) is 11.3 Å². The summed E-state index contributed by atoms with van der Waals surface area (Å²) in [6, 6.07) is 4.94. The van der Waals surface area contributed by atoms with E-state index < -0.39 is 0 Å². The van der Waals surface area contributed by atoms with Crippen LogP contribution in [0.1, 0.15) is 50.4 Å². The van der Waals surface area contributed by atoms with Crippen LogP contribution in [0, 0.1) is 0 Å². The Hall–Kier alpha value is -0.380. The predicted molar refractivity (Wildman–Crippen MR) is 82.4 cm³/mol. The van der Waals surface area contributed by atoms with Gasteiger partial charge >= 0.3 is 0 Å². The number of rotatable bonds is 10. The van der Waals surface area contributed by atoms with Gasteiger partial charge in [0.1, 0.15) is 0 Å². The van der Waals surface area contributed by atoms with Crippen LogP contribution in [0.3, 0.4) is 0 Å². The molecule has 1 unspecified atom stereocenters. The molecule has 0 fully saturated rings. The molecule has 0 aliphatic heterocycles. The molecule has 0 aliphatic carbocycles. The van der Waals surface area contributed by atoms with Gasteiger partial charge in [-0.05, 0) is 57.9 Å². The van der Waals surface area contributed by atoms with Crippen LogP contribution >= 0.6 is 11.3 Å². The van der Waals surface area contributed by atoms with Gasteiger partial charge in [-0.1, -0.05) is 25.8 Å². The summed E-state index contributed by atoms with van der Waals surface area (Å²) in [5, 5.41) is 5.54. The Morgan fingerprint density at radius 2 is 2.06 bits per heavy atom. The molecule has 104 valence electrons. The van der Waals surface area contributed by atoms with E-state index in [9.17, 15) is 0 Å². The fraction of sp³-hybridized carbons (Fsp3) is 0.733. The largest absolute Gasteiger partial charge is 0.317 e. The summed E-state index contributed by atoms with van der Waals surface area (Å²) >= 11 is 1.86. The first-order valence-electron chi connectivity index (χ1n) is 7.20. The van der Waals surface area contributed by atoms with Gasteiger partial charge in [-0.2, -0.15) is 0 Å². The lowest BCUT2D eigenvalue weighted by molar-refractivity contribution is 0.258. The van der Waals surface area contributed by atoms with Crippen molar-refractivity contribution in [2.75, 3.05) is 26.7 Å². The molecule has 0 radical (unpaired) electrons. The number of unbranched alkanes of at least 4 members (excludes halogenated alkanes) is 3. The fourth-order valence-electron chi connectivity index (χ4n) is 2.08. The van der Waals surface area contributed by atoms with Crippen LogP contribution in [0.5, 0.6) is 0 Å². The second-order valence-electron chi connectivity index (χ2n) is 4.94. The van der Waals surface area contributed by atoms with Crippen molar-refractivity contribution in [2.45, 2.75) is 45.6 Å². The number of thiophene rings is 1. The van der Waals surface area contributed by atoms with E-state index in [0.717, 1.165) is 6.54 Å². The van der Waals surface area contributed by atoms with Gasteiger partial charge in [-0.15, -0.1) is 11.3 Å². The zero-order valence-electron chi connectivity index (χ0n) is 12.1. The van der Waals surface area contributed by atoms with Gasteiger partial charge in [0.05, 0.1) is 0 Å². The van der Waals surface area contributed by atoms with Crippen LogP contribution in [-0.4, -0.2) is 31.6 Å². The Morgan fingerprint density at radius 3 is 2.72 bits per heavy atom. The molecular formula is C15H28N2S. The van der Waals surface area contributed by atoms with E-state index in [4.69, 9.17) is 0 Å². The molecule has 3 heteroatoms. The lowest BCUT2D eigenvalue weighted by Crippen LogP contribution is -2.22. The predicted octanol–water partition coefficient (Wildman–Crippen LogP) is 3.91. The third kappa shape index (κ3) is 5.98. The van der Waals surface area contributed by atoms with E-state index in [1.165, 1.54) is 43.6 Å². The Morgan fingerprint density at radius 1 is 1.28 bits per heavy atom. The van der Waals surface area contributed by atoms with E-state index in [-0.39, 0.29) is 0 Å². The summed E-state index contributed by atoms with van der Waals surface area (Å²) in [5.41, 5.74) is 0. The fourth-order valence-corrected chi connectivity index (χ4v) is 2.93. The lowest BCUT2D eigenvalue weighted by Gasteiger charge is -2.23. The maximum Gasteiger partial charge on any atom is 0.0410 e. The summed E-state index contributed by atoms with van der Waals surface area (Å²) in [7, 11) is 2.24. The Balaban J connectivity index is 2.05. The van der Waals surface area contributed by atoms with Gasteiger partial charge in [0.25, 0.3) is 0 Å². The first-order valence-corrected chi connectivity index (χ1v) is 8.08. The molecule has 0 spiro atoms. The molecule has 0 amide bonds. The molecule has 1 N–H and O–H groups in total. The number of nitrogens with zero attached hydrogens (tertiary/aromatic N) is 1. The molecule has 0 aliphatic rings. The van der Waals surface area contributed by atoms with Crippen molar-refractivity contribution in [2.24, 2.45) is 0 Å². The summed E-state index contributed by atoms with van der Waals surface area (Å²) in [4.78, 5) is 3.94. The SMILES string of the molecule is CCNCCCCCCN(C)C(C)c1cccs1. The summed E-state index contributed by atoms with van der Waals surface area (Å²) in [6.07, 6.45) is 5.34. The Bertz CT molecular complexity index is 285. The van der Waals surface area contributed by atoms with Crippen molar-refractivity contribution in [1.82, 2.24) is 10.2 Å². The van der Waals surface area contributed by atoms with E-state index in [0.29, 0.717) is 6.04 Å². The minimum atomic E-state index is 0.562. The average molecular weight is 268 g/mol. The van der Waals surface area contributed by atoms with Crippen LogP contribution in [0.15, 0.2) is 17.5 Å². The van der Waals surface area contributed by atoms with Crippen LogP contribution in [0.2, 0.25) is 0 Å². The van der Waals surface area contributed by atoms with Crippen molar-refractivity contribution >= 4 is 11.3 Å². The minimum Gasteiger partial charge on any atom is -0.317 e. The topological polar surface area (TPSA) is 15.3 Å². The molecule has 1 atom stereocenters. The van der Waals surface area contributed by atoms with Gasteiger partial charge < -0.3 is 5.32 Å². The standard InChI is InChI=1S/C15H28N2S/c1-4-16-11-7-5-6-8-12-17(3)14(2)15-10-9-13-18-15/h9-10,13-14,16H,4-8,11-12H2,1-3H3. The third-order valence-electron chi connectivity index (χ3n) is 3.48. The van der Waals surface area contributed by atoms with Crippen molar-refractivity contribution in [3.63, 3.8) is 0 Å². The van der Waals surface area contributed by atoms with Crippen LogP contribution in [0.25, 0.3) is 0 Å². The highest BCUT2D eigenvalue weighted by molar-refractivity contribution is 7.10. The molecule has 2 nitrogen and oxygen atoms in total. The van der Waals surface area contributed by atoms with Crippen molar-refractivity contribution < 1.29 is 0 Å². The maximum atomic E-state index is 3.38. The monoisotopic (exact) mass is 268 g/mol. The molecule has 0 bridgehead atoms. The van der Waals surface area contributed by atoms with E-state index in [2.05, 4.69) is 48.6 Å². The average Bonchev–Trinajstić information content (AvgIpc) is 2.90. The zero-order chi connectivity index (χ0) is 13.2. The zero-order valence-corrected chi connectivity index (χ0v) is 12.9. The van der Waals surface area contributed by atoms with Gasteiger partial charge in [0.2, 0.25) is 0 Å². The lowest BCUT2D eigenvalue weighted by atomic mass is 10.1. The van der Waals surface area contributed by atoms with Crippen LogP contribution in [0.4, 0.5) is 0 Å². The molecule has 1 rings (SSSR count). The molecule has 0 saturated carbocycles. The highest BCUT2D eigenvalue weighted by atomic mass is 32.1. The highest BCUT2D eigenvalue weighted by Gasteiger charge is 2.11.